The van der Waals surface area contributed by atoms with E-state index in [2.05, 4.69) is 10.2 Å². The third kappa shape index (κ3) is 6.31. The number of nitrogens with one attached hydrogen (secondary N) is 1. The molecule has 2 fully saturated rings. The normalized spacial score (nSPS) is 30.4. The van der Waals surface area contributed by atoms with Crippen LogP contribution in [0.1, 0.15) is 60.3 Å². The highest BCUT2D eigenvalue weighted by Gasteiger charge is 2.46. The first-order chi connectivity index (χ1) is 21.3. The molecule has 5 N–H and O–H groups in total. The number of rotatable bonds is 12. The van der Waals surface area contributed by atoms with E-state index >= 15 is 0 Å². The highest BCUT2D eigenvalue weighted by Crippen LogP contribution is 2.34. The van der Waals surface area contributed by atoms with Crippen LogP contribution < -0.4 is 16.8 Å². The van der Waals surface area contributed by atoms with Crippen molar-refractivity contribution in [3.8, 4) is 0 Å². The lowest BCUT2D eigenvalue weighted by molar-refractivity contribution is -0.135. The van der Waals surface area contributed by atoms with Crippen LogP contribution in [0.4, 0.5) is 0 Å². The first-order valence-electron chi connectivity index (χ1n) is 16.5. The van der Waals surface area contributed by atoms with Crippen LogP contribution in [0.15, 0.2) is 35.7 Å². The van der Waals surface area contributed by atoms with Gasteiger partial charge in [0.05, 0.1) is 30.2 Å². The second-order valence-corrected chi connectivity index (χ2v) is 13.8. The summed E-state index contributed by atoms with van der Waals surface area (Å²) in [5.74, 6) is -0.605. The Labute approximate surface area is 265 Å². The maximum absolute atomic E-state index is 13.4. The Morgan fingerprint density at radius 2 is 1.53 bits per heavy atom. The second kappa shape index (κ2) is 13.1. The van der Waals surface area contributed by atoms with Crippen LogP contribution in [-0.2, 0) is 24.0 Å². The first-order valence-corrected chi connectivity index (χ1v) is 16.5. The molecule has 3 amide bonds. The highest BCUT2D eigenvalue weighted by atomic mass is 16.2. The zero-order valence-electron chi connectivity index (χ0n) is 27.1. The van der Waals surface area contributed by atoms with Gasteiger partial charge in [0.15, 0.2) is 11.6 Å². The Bertz CT molecular complexity index is 1320. The third-order valence-electron chi connectivity index (χ3n) is 10.3. The number of amides is 3. The Kier molecular flexibility index (Phi) is 9.55. The lowest BCUT2D eigenvalue weighted by Gasteiger charge is -2.35. The fraction of sp³-hybridized carbons (Fsp3) is 0.667. The van der Waals surface area contributed by atoms with Gasteiger partial charge < -0.3 is 36.4 Å². The molecule has 0 bridgehead atoms. The number of likely N-dealkylation sites (tertiary alicyclic amines) is 2. The second-order valence-electron chi connectivity index (χ2n) is 13.8. The van der Waals surface area contributed by atoms with Crippen molar-refractivity contribution in [2.24, 2.45) is 23.3 Å². The molecule has 0 aromatic heterocycles. The Hall–Kier alpha value is -3.51. The van der Waals surface area contributed by atoms with Crippen molar-refractivity contribution in [2.75, 3.05) is 26.2 Å². The number of nitrogens with two attached hydrogens (primary N) is 2. The molecular weight excluding hydrogens is 574 g/mol. The summed E-state index contributed by atoms with van der Waals surface area (Å²) in [6.07, 6.45) is 9.04. The van der Waals surface area contributed by atoms with Crippen molar-refractivity contribution in [3.63, 3.8) is 0 Å². The molecule has 0 radical (unpaired) electrons. The van der Waals surface area contributed by atoms with Crippen LogP contribution in [0, 0.1) is 11.8 Å². The van der Waals surface area contributed by atoms with Crippen molar-refractivity contribution in [2.45, 2.75) is 103 Å². The van der Waals surface area contributed by atoms with Gasteiger partial charge in [0, 0.05) is 55.8 Å². The number of Topliss-reactive ketones (excluding diaryl/α,β-unsaturated/α-hetero) is 2. The topological polar surface area (TPSA) is 162 Å². The molecule has 12 heteroatoms. The van der Waals surface area contributed by atoms with Gasteiger partial charge in [0.25, 0.3) is 0 Å². The number of hydrogen-bond acceptors (Lipinski definition) is 9. The Balaban J connectivity index is 1.22. The summed E-state index contributed by atoms with van der Waals surface area (Å²) in [4.78, 5) is 72.8. The van der Waals surface area contributed by atoms with E-state index in [1.165, 1.54) is 12.2 Å². The minimum Gasteiger partial charge on any atom is -0.371 e. The quantitative estimate of drug-likeness (QED) is 0.277. The molecule has 0 aromatic rings. The molecular formula is C33H49N7O5. The van der Waals surface area contributed by atoms with Crippen LogP contribution >= 0.6 is 0 Å². The Morgan fingerprint density at radius 1 is 0.911 bits per heavy atom. The fourth-order valence-corrected chi connectivity index (χ4v) is 7.58. The van der Waals surface area contributed by atoms with Gasteiger partial charge in [-0.05, 0) is 44.1 Å². The molecule has 0 spiro atoms. The van der Waals surface area contributed by atoms with E-state index in [0.29, 0.717) is 51.1 Å². The number of carbonyl (C=O) groups excluding carboxylic acids is 5. The molecule has 0 aliphatic carbocycles. The SMILES string of the molecule is CC[C@H](C)[C@H](N)C(=O)C1C=CC(=O)N1C1CCN(C2=CC(=O)N(C3CCN(C4=CC(=O)NC4C(=O)[C@@H](N)CC(C)C)C3)C2C)C1. The van der Waals surface area contributed by atoms with Crippen LogP contribution in [0.25, 0.3) is 0 Å². The fourth-order valence-electron chi connectivity index (χ4n) is 7.58. The van der Waals surface area contributed by atoms with Gasteiger partial charge in [-0.1, -0.05) is 34.1 Å². The van der Waals surface area contributed by atoms with E-state index < -0.39 is 24.2 Å². The third-order valence-corrected chi connectivity index (χ3v) is 10.3. The maximum atomic E-state index is 13.4. The van der Waals surface area contributed by atoms with Gasteiger partial charge in [0.1, 0.15) is 12.1 Å². The molecule has 5 aliphatic rings. The number of nitrogens with zero attached hydrogens (tertiary/aromatic N) is 4. The summed E-state index contributed by atoms with van der Waals surface area (Å²) >= 11 is 0. The highest BCUT2D eigenvalue weighted by molar-refractivity contribution is 6.03. The standard InChI is InChI=1S/C33H49N7O5/c1-6-19(4)30(35)33(45)24-7-8-28(42)40(24)22-10-11-37(17-22)25-15-29(43)39(20(25)5)21-9-12-38(16-21)26-14-27(41)36-31(26)32(44)23(34)13-18(2)3/h7-8,14-15,18-24,30-31H,6,9-13,16-17,34-35H2,1-5H3,(H,36,41)/t19-,20?,21?,22?,23-,24?,30-,31?/m0/s1. The summed E-state index contributed by atoms with van der Waals surface area (Å²) in [5, 5.41) is 2.77. The summed E-state index contributed by atoms with van der Waals surface area (Å²) < 4.78 is 0. The van der Waals surface area contributed by atoms with Crippen LogP contribution in [0.5, 0.6) is 0 Å². The maximum Gasteiger partial charge on any atom is 0.249 e. The summed E-state index contributed by atoms with van der Waals surface area (Å²) in [6, 6.07) is -3.17. The van der Waals surface area contributed by atoms with E-state index in [4.69, 9.17) is 11.5 Å². The summed E-state index contributed by atoms with van der Waals surface area (Å²) in [7, 11) is 0. The molecule has 5 unspecified atom stereocenters. The van der Waals surface area contributed by atoms with Gasteiger partial charge in [-0.3, -0.25) is 24.0 Å². The smallest absolute Gasteiger partial charge is 0.249 e. The van der Waals surface area contributed by atoms with Crippen LogP contribution in [0.2, 0.25) is 0 Å². The monoisotopic (exact) mass is 623 g/mol. The average molecular weight is 624 g/mol. The molecule has 246 valence electrons. The van der Waals surface area contributed by atoms with Gasteiger partial charge in [0.2, 0.25) is 17.7 Å². The molecule has 5 heterocycles. The van der Waals surface area contributed by atoms with E-state index in [9.17, 15) is 24.0 Å². The summed E-state index contributed by atoms with van der Waals surface area (Å²) in [6.45, 7) is 12.3. The van der Waals surface area contributed by atoms with Crippen LogP contribution in [-0.4, -0.2) is 117 Å². The number of ketones is 2. The average Bonchev–Trinajstić information content (AvgIpc) is 3.82. The predicted molar refractivity (Wildman–Crippen MR) is 169 cm³/mol. The predicted octanol–water partition coefficient (Wildman–Crippen LogP) is 0.284. The Morgan fingerprint density at radius 3 is 2.16 bits per heavy atom. The van der Waals surface area contributed by atoms with E-state index in [1.807, 2.05) is 44.4 Å². The lowest BCUT2D eigenvalue weighted by atomic mass is 9.92. The van der Waals surface area contributed by atoms with E-state index in [0.717, 1.165) is 12.1 Å². The molecule has 5 rings (SSSR count). The van der Waals surface area contributed by atoms with Gasteiger partial charge in [-0.25, -0.2) is 0 Å². The van der Waals surface area contributed by atoms with E-state index in [-0.39, 0.29) is 59.2 Å². The minimum atomic E-state index is -0.773. The van der Waals surface area contributed by atoms with E-state index in [1.54, 1.807) is 17.1 Å². The van der Waals surface area contributed by atoms with Crippen molar-refractivity contribution in [3.05, 3.63) is 35.7 Å². The number of carbonyl (C=O) groups is 5. The van der Waals surface area contributed by atoms with Crippen molar-refractivity contribution in [1.82, 2.24) is 24.9 Å². The number of hydrogen-bond donors (Lipinski definition) is 3. The molecule has 5 aliphatic heterocycles. The summed E-state index contributed by atoms with van der Waals surface area (Å²) in [5.41, 5.74) is 14.0. The van der Waals surface area contributed by atoms with Crippen molar-refractivity contribution in [1.29, 1.82) is 0 Å². The zero-order valence-corrected chi connectivity index (χ0v) is 27.1. The van der Waals surface area contributed by atoms with Gasteiger partial charge in [-0.15, -0.1) is 0 Å². The molecule has 2 saturated heterocycles. The zero-order chi connectivity index (χ0) is 32.7. The molecule has 8 atom stereocenters. The van der Waals surface area contributed by atoms with Crippen LogP contribution in [0.3, 0.4) is 0 Å². The van der Waals surface area contributed by atoms with Crippen molar-refractivity contribution >= 4 is 29.3 Å². The minimum absolute atomic E-state index is 0.0204. The van der Waals surface area contributed by atoms with Gasteiger partial charge in [-0.2, -0.15) is 0 Å². The molecule has 0 saturated carbocycles. The first kappa shape index (κ1) is 32.9. The van der Waals surface area contributed by atoms with Crippen molar-refractivity contribution < 1.29 is 24.0 Å². The molecule has 12 nitrogen and oxygen atoms in total. The molecule has 0 aromatic carbocycles. The molecule has 45 heavy (non-hydrogen) atoms. The van der Waals surface area contributed by atoms with Gasteiger partial charge >= 0.3 is 0 Å². The largest absolute Gasteiger partial charge is 0.371 e. The lowest BCUT2D eigenvalue weighted by Crippen LogP contribution is -2.53.